The third kappa shape index (κ3) is 5.43. The van der Waals surface area contributed by atoms with Crippen LogP contribution in [0.1, 0.15) is 41.5 Å². The normalized spacial score (nSPS) is 32.3. The van der Waals surface area contributed by atoms with Crippen molar-refractivity contribution in [2.45, 2.75) is 71.4 Å². The maximum absolute atomic E-state index is 6.01. The lowest BCUT2D eigenvalue weighted by Gasteiger charge is -2.26. The molecule has 0 aromatic rings. The molecule has 2 aliphatic heterocycles. The van der Waals surface area contributed by atoms with Crippen LogP contribution in [-0.4, -0.2) is 56.3 Å². The van der Waals surface area contributed by atoms with Crippen LogP contribution in [0.25, 0.3) is 0 Å². The molecule has 142 valence electrons. The zero-order chi connectivity index (χ0) is 18.0. The highest BCUT2D eigenvalue weighted by Gasteiger charge is 2.50. The Bertz CT molecular complexity index is 461. The molecule has 0 saturated carbocycles. The quantitative estimate of drug-likeness (QED) is 0.592. The minimum Gasteiger partial charge on any atom is -0.348 e. The highest BCUT2D eigenvalue weighted by molar-refractivity contribution is 8.07. The summed E-state index contributed by atoms with van der Waals surface area (Å²) in [5.41, 5.74) is 0. The van der Waals surface area contributed by atoms with Crippen LogP contribution in [0.5, 0.6) is 0 Å². The average molecular weight is 384 g/mol. The summed E-state index contributed by atoms with van der Waals surface area (Å²) in [5, 5.41) is 0. The fourth-order valence-corrected chi connectivity index (χ4v) is 4.78. The Labute approximate surface area is 149 Å². The predicted octanol–water partition coefficient (Wildman–Crippen LogP) is 2.97. The molecule has 0 amide bonds. The lowest BCUT2D eigenvalue weighted by molar-refractivity contribution is -0.174. The van der Waals surface area contributed by atoms with Crippen LogP contribution in [0.4, 0.5) is 0 Å². The molecule has 9 heteroatoms. The third-order valence-electron chi connectivity index (χ3n) is 3.59. The van der Waals surface area contributed by atoms with Gasteiger partial charge in [0.25, 0.3) is 0 Å². The second kappa shape index (κ2) is 7.94. The Kier molecular flexibility index (Phi) is 6.84. The standard InChI is InChI=1S/C15H29O7PS/c1-7-17-23(24,18-8-2)19-10-12-13(22-15(5,6)21-12)11-9-16-14(3,4)20-11/h11-13H,7-10H2,1-6H3/t11-,12+,13+/m1/s1. The second-order valence-corrected chi connectivity index (χ2v) is 9.59. The first-order valence-electron chi connectivity index (χ1n) is 8.31. The van der Waals surface area contributed by atoms with Gasteiger partial charge in [-0.3, -0.25) is 0 Å². The summed E-state index contributed by atoms with van der Waals surface area (Å²) in [6.45, 7) is 9.95. The second-order valence-electron chi connectivity index (χ2n) is 6.58. The molecule has 24 heavy (non-hydrogen) atoms. The van der Waals surface area contributed by atoms with Gasteiger partial charge in [0.15, 0.2) is 11.6 Å². The summed E-state index contributed by atoms with van der Waals surface area (Å²) < 4.78 is 40.4. The Morgan fingerprint density at radius 3 is 2.08 bits per heavy atom. The molecule has 0 aromatic carbocycles. The van der Waals surface area contributed by atoms with Crippen LogP contribution in [0.15, 0.2) is 0 Å². The molecule has 0 aromatic heterocycles. The van der Waals surface area contributed by atoms with Gasteiger partial charge in [0.1, 0.15) is 18.3 Å². The van der Waals surface area contributed by atoms with Crippen molar-refractivity contribution in [3.63, 3.8) is 0 Å². The highest BCUT2D eigenvalue weighted by Crippen LogP contribution is 2.50. The molecule has 0 bridgehead atoms. The van der Waals surface area contributed by atoms with Crippen LogP contribution in [0.3, 0.4) is 0 Å². The first kappa shape index (κ1) is 20.7. The number of hydrogen-bond donors (Lipinski definition) is 0. The van der Waals surface area contributed by atoms with Gasteiger partial charge in [-0.1, -0.05) is 0 Å². The monoisotopic (exact) mass is 384 g/mol. The van der Waals surface area contributed by atoms with Gasteiger partial charge < -0.3 is 32.5 Å². The third-order valence-corrected chi connectivity index (χ3v) is 6.15. The van der Waals surface area contributed by atoms with Gasteiger partial charge in [0.2, 0.25) is 0 Å². The Balaban J connectivity index is 2.02. The van der Waals surface area contributed by atoms with E-state index < -0.39 is 18.3 Å². The minimum absolute atomic E-state index is 0.214. The van der Waals surface area contributed by atoms with Gasteiger partial charge in [-0.15, -0.1) is 0 Å². The Morgan fingerprint density at radius 2 is 1.58 bits per heavy atom. The van der Waals surface area contributed by atoms with E-state index in [2.05, 4.69) is 0 Å². The summed E-state index contributed by atoms with van der Waals surface area (Å²) >= 11 is 5.39. The molecule has 2 fully saturated rings. The molecule has 0 unspecified atom stereocenters. The Hall–Kier alpha value is 0.370. The van der Waals surface area contributed by atoms with Gasteiger partial charge in [0, 0.05) is 0 Å². The highest BCUT2D eigenvalue weighted by atomic mass is 32.5. The van der Waals surface area contributed by atoms with Crippen LogP contribution >= 0.6 is 6.72 Å². The van der Waals surface area contributed by atoms with E-state index in [-0.39, 0.29) is 24.9 Å². The van der Waals surface area contributed by atoms with Crippen molar-refractivity contribution in [3.8, 4) is 0 Å². The Morgan fingerprint density at radius 1 is 0.958 bits per heavy atom. The molecular formula is C15H29O7PS. The van der Waals surface area contributed by atoms with Crippen LogP contribution in [0, 0.1) is 0 Å². The summed E-state index contributed by atoms with van der Waals surface area (Å²) in [5.74, 6) is -1.36. The average Bonchev–Trinajstić information content (AvgIpc) is 2.96. The van der Waals surface area contributed by atoms with Crippen molar-refractivity contribution in [1.82, 2.24) is 0 Å². The van der Waals surface area contributed by atoms with Crippen molar-refractivity contribution >= 4 is 18.5 Å². The fourth-order valence-electron chi connectivity index (χ4n) is 2.78. The van der Waals surface area contributed by atoms with E-state index in [1.807, 2.05) is 41.5 Å². The number of hydrogen-bond acceptors (Lipinski definition) is 8. The van der Waals surface area contributed by atoms with Gasteiger partial charge in [-0.05, 0) is 53.3 Å². The van der Waals surface area contributed by atoms with Gasteiger partial charge >= 0.3 is 6.72 Å². The van der Waals surface area contributed by atoms with E-state index in [0.717, 1.165) is 0 Å². The first-order chi connectivity index (χ1) is 11.1. The molecular weight excluding hydrogens is 355 g/mol. The molecule has 0 N–H and O–H groups in total. The summed E-state index contributed by atoms with van der Waals surface area (Å²) in [4.78, 5) is 0. The zero-order valence-corrected chi connectivity index (χ0v) is 17.0. The first-order valence-corrected chi connectivity index (χ1v) is 10.9. The molecule has 2 heterocycles. The molecule has 0 radical (unpaired) electrons. The molecule has 2 saturated heterocycles. The topological polar surface area (TPSA) is 64.6 Å². The molecule has 3 atom stereocenters. The molecule has 2 rings (SSSR count). The molecule has 0 aliphatic carbocycles. The largest absolute Gasteiger partial charge is 0.348 e. The van der Waals surface area contributed by atoms with Crippen LogP contribution in [0.2, 0.25) is 0 Å². The SMILES string of the molecule is CCOP(=S)(OCC)OC[C@@H]1OC(C)(C)O[C@H]1[C@H]1COC(C)(C)O1. The van der Waals surface area contributed by atoms with E-state index in [9.17, 15) is 0 Å². The van der Waals surface area contributed by atoms with Crippen molar-refractivity contribution in [2.24, 2.45) is 0 Å². The van der Waals surface area contributed by atoms with Gasteiger partial charge in [-0.25, -0.2) is 0 Å². The van der Waals surface area contributed by atoms with Crippen molar-refractivity contribution in [2.75, 3.05) is 26.4 Å². The maximum atomic E-state index is 6.01. The van der Waals surface area contributed by atoms with Gasteiger partial charge in [-0.2, -0.15) is 0 Å². The van der Waals surface area contributed by atoms with E-state index in [0.29, 0.717) is 19.8 Å². The maximum Gasteiger partial charge on any atom is 0.327 e. The summed E-state index contributed by atoms with van der Waals surface area (Å²) in [6, 6.07) is 0. The minimum atomic E-state index is -2.77. The zero-order valence-electron chi connectivity index (χ0n) is 15.3. The molecule has 0 spiro atoms. The van der Waals surface area contributed by atoms with Crippen LogP contribution in [-0.2, 0) is 44.3 Å². The lowest BCUT2D eigenvalue weighted by atomic mass is 10.1. The smallest absolute Gasteiger partial charge is 0.327 e. The van der Waals surface area contributed by atoms with E-state index in [4.69, 9.17) is 44.3 Å². The van der Waals surface area contributed by atoms with E-state index in [1.54, 1.807) is 0 Å². The number of ether oxygens (including phenoxy) is 4. The summed E-state index contributed by atoms with van der Waals surface area (Å²) in [6.07, 6.45) is -0.883. The van der Waals surface area contributed by atoms with Gasteiger partial charge in [0.05, 0.1) is 26.4 Å². The lowest BCUT2D eigenvalue weighted by Crippen LogP contribution is -2.40. The van der Waals surface area contributed by atoms with E-state index in [1.165, 1.54) is 0 Å². The molecule has 7 nitrogen and oxygen atoms in total. The number of rotatable bonds is 8. The van der Waals surface area contributed by atoms with E-state index >= 15 is 0 Å². The van der Waals surface area contributed by atoms with Crippen molar-refractivity contribution < 1.29 is 32.5 Å². The van der Waals surface area contributed by atoms with Crippen molar-refractivity contribution in [3.05, 3.63) is 0 Å². The van der Waals surface area contributed by atoms with Crippen molar-refractivity contribution in [1.29, 1.82) is 0 Å². The summed E-state index contributed by atoms with van der Waals surface area (Å²) in [7, 11) is 0. The van der Waals surface area contributed by atoms with Crippen LogP contribution < -0.4 is 0 Å². The molecule has 2 aliphatic rings. The fraction of sp³-hybridized carbons (Fsp3) is 1.00. The predicted molar refractivity (Wildman–Crippen MR) is 92.2 cm³/mol.